The van der Waals surface area contributed by atoms with E-state index in [1.807, 2.05) is 29.2 Å². The quantitative estimate of drug-likeness (QED) is 0.837. The third-order valence-electron chi connectivity index (χ3n) is 4.04. The Morgan fingerprint density at radius 3 is 3.00 bits per heavy atom. The number of para-hydroxylation sites is 1. The molecule has 1 saturated heterocycles. The van der Waals surface area contributed by atoms with Gasteiger partial charge in [0.05, 0.1) is 24.7 Å². The molecule has 4 nitrogen and oxygen atoms in total. The summed E-state index contributed by atoms with van der Waals surface area (Å²) in [6.07, 6.45) is 0. The number of carbonyl (C=O) groups excluding carboxylic acids is 1. The van der Waals surface area contributed by atoms with Crippen molar-refractivity contribution in [1.29, 1.82) is 0 Å². The van der Waals surface area contributed by atoms with Gasteiger partial charge in [0.25, 0.3) is 0 Å². The van der Waals surface area contributed by atoms with E-state index in [9.17, 15) is 4.79 Å². The predicted octanol–water partition coefficient (Wildman–Crippen LogP) is 1.83. The second kappa shape index (κ2) is 4.53. The van der Waals surface area contributed by atoms with Gasteiger partial charge in [0, 0.05) is 18.8 Å². The molecule has 2 aliphatic heterocycles. The minimum Gasteiger partial charge on any atom is -0.384 e. The van der Waals surface area contributed by atoms with Crippen LogP contribution in [0.5, 0.6) is 0 Å². The number of nitrogens with one attached hydrogen (secondary N) is 1. The number of nitrogens with zero attached hydrogens (tertiary/aromatic N) is 1. The van der Waals surface area contributed by atoms with Gasteiger partial charge < -0.3 is 15.0 Å². The van der Waals surface area contributed by atoms with Crippen molar-refractivity contribution in [2.24, 2.45) is 0 Å². The number of amides is 1. The SMILES string of the molecule is CC1(C)COCCN1C(=O)C1CNc2ccccc21. The second-order valence-electron chi connectivity index (χ2n) is 5.88. The van der Waals surface area contributed by atoms with Gasteiger partial charge in [-0.15, -0.1) is 0 Å². The van der Waals surface area contributed by atoms with Crippen LogP contribution in [0.25, 0.3) is 0 Å². The van der Waals surface area contributed by atoms with E-state index in [0.29, 0.717) is 26.3 Å². The largest absolute Gasteiger partial charge is 0.384 e. The van der Waals surface area contributed by atoms with Crippen LogP contribution in [0.1, 0.15) is 25.3 Å². The molecule has 4 heteroatoms. The molecular weight excluding hydrogens is 240 g/mol. The molecule has 1 N–H and O–H groups in total. The summed E-state index contributed by atoms with van der Waals surface area (Å²) in [4.78, 5) is 14.8. The van der Waals surface area contributed by atoms with Gasteiger partial charge in [-0.05, 0) is 25.5 Å². The zero-order valence-electron chi connectivity index (χ0n) is 11.5. The van der Waals surface area contributed by atoms with Gasteiger partial charge in [0.1, 0.15) is 0 Å². The van der Waals surface area contributed by atoms with Gasteiger partial charge >= 0.3 is 0 Å². The monoisotopic (exact) mass is 260 g/mol. The van der Waals surface area contributed by atoms with Crippen LogP contribution in [-0.4, -0.2) is 42.6 Å². The average molecular weight is 260 g/mol. The number of hydrogen-bond acceptors (Lipinski definition) is 3. The molecule has 1 atom stereocenters. The summed E-state index contributed by atoms with van der Waals surface area (Å²) in [5.41, 5.74) is 1.99. The molecule has 0 aliphatic carbocycles. The summed E-state index contributed by atoms with van der Waals surface area (Å²) in [5.74, 6) is 0.152. The highest BCUT2D eigenvalue weighted by Crippen LogP contribution is 2.34. The smallest absolute Gasteiger partial charge is 0.232 e. The first kappa shape index (κ1) is 12.5. The van der Waals surface area contributed by atoms with Crippen molar-refractivity contribution in [3.05, 3.63) is 29.8 Å². The van der Waals surface area contributed by atoms with Crippen molar-refractivity contribution in [2.45, 2.75) is 25.3 Å². The average Bonchev–Trinajstić information content (AvgIpc) is 2.81. The van der Waals surface area contributed by atoms with E-state index in [2.05, 4.69) is 19.2 Å². The van der Waals surface area contributed by atoms with Crippen molar-refractivity contribution in [2.75, 3.05) is 31.6 Å². The van der Waals surface area contributed by atoms with E-state index < -0.39 is 0 Å². The summed E-state index contributed by atoms with van der Waals surface area (Å²) in [5, 5.41) is 3.32. The van der Waals surface area contributed by atoms with Crippen LogP contribution in [0.4, 0.5) is 5.69 Å². The molecule has 1 unspecified atom stereocenters. The van der Waals surface area contributed by atoms with Gasteiger partial charge in [-0.1, -0.05) is 18.2 Å². The van der Waals surface area contributed by atoms with Gasteiger partial charge in [-0.25, -0.2) is 0 Å². The summed E-state index contributed by atoms with van der Waals surface area (Å²) < 4.78 is 5.49. The number of carbonyl (C=O) groups is 1. The molecule has 2 heterocycles. The number of ether oxygens (including phenoxy) is 1. The van der Waals surface area contributed by atoms with E-state index in [4.69, 9.17) is 4.74 Å². The third kappa shape index (κ3) is 2.10. The molecule has 1 aromatic carbocycles. The topological polar surface area (TPSA) is 41.6 Å². The highest BCUT2D eigenvalue weighted by Gasteiger charge is 2.39. The fraction of sp³-hybridized carbons (Fsp3) is 0.533. The first-order valence-corrected chi connectivity index (χ1v) is 6.81. The Kier molecular flexibility index (Phi) is 2.97. The molecule has 1 fully saturated rings. The van der Waals surface area contributed by atoms with Gasteiger partial charge in [-0.3, -0.25) is 4.79 Å². The number of fused-ring (bicyclic) bond motifs is 1. The minimum atomic E-state index is -0.215. The first-order chi connectivity index (χ1) is 9.09. The number of benzene rings is 1. The van der Waals surface area contributed by atoms with Crippen LogP contribution in [0.3, 0.4) is 0 Å². The summed E-state index contributed by atoms with van der Waals surface area (Å²) in [7, 11) is 0. The van der Waals surface area contributed by atoms with Crippen molar-refractivity contribution in [3.63, 3.8) is 0 Å². The highest BCUT2D eigenvalue weighted by atomic mass is 16.5. The highest BCUT2D eigenvalue weighted by molar-refractivity contribution is 5.88. The molecule has 0 aromatic heterocycles. The van der Waals surface area contributed by atoms with Gasteiger partial charge in [0.15, 0.2) is 0 Å². The molecule has 1 amide bonds. The molecule has 0 spiro atoms. The summed E-state index contributed by atoms with van der Waals surface area (Å²) >= 11 is 0. The van der Waals surface area contributed by atoms with E-state index >= 15 is 0 Å². The fourth-order valence-corrected chi connectivity index (χ4v) is 2.96. The number of hydrogen-bond donors (Lipinski definition) is 1. The summed E-state index contributed by atoms with van der Waals surface area (Å²) in [6, 6.07) is 8.08. The lowest BCUT2D eigenvalue weighted by molar-refractivity contribution is -0.147. The Hall–Kier alpha value is -1.55. The van der Waals surface area contributed by atoms with Crippen LogP contribution in [-0.2, 0) is 9.53 Å². The molecule has 19 heavy (non-hydrogen) atoms. The lowest BCUT2D eigenvalue weighted by atomic mass is 9.95. The Labute approximate surface area is 113 Å². The molecule has 2 aliphatic rings. The lowest BCUT2D eigenvalue weighted by Gasteiger charge is -2.43. The van der Waals surface area contributed by atoms with Crippen molar-refractivity contribution < 1.29 is 9.53 Å². The molecule has 0 bridgehead atoms. The molecule has 1 aromatic rings. The maximum atomic E-state index is 12.8. The number of anilines is 1. The minimum absolute atomic E-state index is 0.0615. The zero-order chi connectivity index (χ0) is 13.5. The van der Waals surface area contributed by atoms with Gasteiger partial charge in [-0.2, -0.15) is 0 Å². The fourth-order valence-electron chi connectivity index (χ4n) is 2.96. The molecular formula is C15H20N2O2. The Morgan fingerprint density at radius 2 is 2.21 bits per heavy atom. The van der Waals surface area contributed by atoms with Crippen molar-refractivity contribution in [1.82, 2.24) is 4.90 Å². The van der Waals surface area contributed by atoms with Crippen molar-refractivity contribution >= 4 is 11.6 Å². The van der Waals surface area contributed by atoms with Crippen LogP contribution >= 0.6 is 0 Å². The second-order valence-corrected chi connectivity index (χ2v) is 5.88. The third-order valence-corrected chi connectivity index (χ3v) is 4.04. The Balaban J connectivity index is 1.85. The molecule has 0 saturated carbocycles. The van der Waals surface area contributed by atoms with Crippen molar-refractivity contribution in [3.8, 4) is 0 Å². The molecule has 102 valence electrons. The number of morpholine rings is 1. The maximum absolute atomic E-state index is 12.8. The zero-order valence-corrected chi connectivity index (χ0v) is 11.5. The van der Waals surface area contributed by atoms with E-state index in [-0.39, 0.29) is 17.4 Å². The maximum Gasteiger partial charge on any atom is 0.232 e. The van der Waals surface area contributed by atoms with Crippen LogP contribution in [0.15, 0.2) is 24.3 Å². The normalized spacial score (nSPS) is 24.7. The van der Waals surface area contributed by atoms with Crippen LogP contribution in [0, 0.1) is 0 Å². The lowest BCUT2D eigenvalue weighted by Crippen LogP contribution is -2.56. The van der Waals surface area contributed by atoms with Crippen LogP contribution in [0.2, 0.25) is 0 Å². The Morgan fingerprint density at radius 1 is 1.42 bits per heavy atom. The number of rotatable bonds is 1. The molecule has 3 rings (SSSR count). The standard InChI is InChI=1S/C15H20N2O2/c1-15(2)10-19-8-7-17(15)14(18)12-9-16-13-6-4-3-5-11(12)13/h3-6,12,16H,7-10H2,1-2H3. The van der Waals surface area contributed by atoms with E-state index in [1.165, 1.54) is 0 Å². The Bertz CT molecular complexity index is 499. The van der Waals surface area contributed by atoms with Crippen LogP contribution < -0.4 is 5.32 Å². The van der Waals surface area contributed by atoms with E-state index in [1.54, 1.807) is 0 Å². The van der Waals surface area contributed by atoms with E-state index in [0.717, 1.165) is 11.3 Å². The van der Waals surface area contributed by atoms with Gasteiger partial charge in [0.2, 0.25) is 5.91 Å². The predicted molar refractivity (Wildman–Crippen MR) is 74.3 cm³/mol. The first-order valence-electron chi connectivity index (χ1n) is 6.81. The molecule has 0 radical (unpaired) electrons. The summed E-state index contributed by atoms with van der Waals surface area (Å²) in [6.45, 7) is 6.77.